The molecule has 2 aromatic carbocycles. The second kappa shape index (κ2) is 13.1. The zero-order chi connectivity index (χ0) is 26.0. The van der Waals surface area contributed by atoms with Crippen LogP contribution in [0.4, 0.5) is 4.79 Å². The minimum atomic E-state index is -0.755. The Bertz CT molecular complexity index is 982. The highest BCUT2D eigenvalue weighted by molar-refractivity contribution is 5.86. The number of carbonyl (C=O) groups excluding carboxylic acids is 3. The fourth-order valence-electron chi connectivity index (χ4n) is 3.98. The first-order valence-corrected chi connectivity index (χ1v) is 12.3. The summed E-state index contributed by atoms with van der Waals surface area (Å²) >= 11 is 0. The van der Waals surface area contributed by atoms with E-state index in [1.807, 2.05) is 81.4 Å². The van der Waals surface area contributed by atoms with Crippen LogP contribution in [0.3, 0.4) is 0 Å². The molecule has 1 saturated heterocycles. The van der Waals surface area contributed by atoms with E-state index < -0.39 is 23.7 Å². The fourth-order valence-corrected chi connectivity index (χ4v) is 3.98. The number of nitrogens with zero attached hydrogens (tertiary/aromatic N) is 1. The quantitative estimate of drug-likeness (QED) is 0.530. The molecule has 1 heterocycles. The van der Waals surface area contributed by atoms with Crippen LogP contribution in [0.1, 0.15) is 44.7 Å². The van der Waals surface area contributed by atoms with Gasteiger partial charge < -0.3 is 24.4 Å². The highest BCUT2D eigenvalue weighted by Crippen LogP contribution is 2.17. The Morgan fingerprint density at radius 1 is 0.944 bits per heavy atom. The molecule has 36 heavy (non-hydrogen) atoms. The van der Waals surface area contributed by atoms with Crippen molar-refractivity contribution in [3.8, 4) is 0 Å². The molecule has 194 valence electrons. The number of ether oxygens (including phenoxy) is 3. The fraction of sp³-hybridized carbons (Fsp3) is 0.464. The van der Waals surface area contributed by atoms with E-state index in [9.17, 15) is 14.4 Å². The molecular weight excluding hydrogens is 460 g/mol. The lowest BCUT2D eigenvalue weighted by molar-refractivity contribution is -0.163. The van der Waals surface area contributed by atoms with Crippen molar-refractivity contribution in [2.45, 2.75) is 64.4 Å². The van der Waals surface area contributed by atoms with Crippen LogP contribution in [0.25, 0.3) is 0 Å². The minimum Gasteiger partial charge on any atom is -0.458 e. The molecular formula is C28H36N2O6. The maximum Gasteiger partial charge on any atom is 0.408 e. The Balaban J connectivity index is 1.53. The van der Waals surface area contributed by atoms with Crippen molar-refractivity contribution in [2.24, 2.45) is 0 Å². The molecule has 0 aromatic heterocycles. The third-order valence-electron chi connectivity index (χ3n) is 5.70. The third kappa shape index (κ3) is 9.34. The van der Waals surface area contributed by atoms with Crippen molar-refractivity contribution in [2.75, 3.05) is 19.7 Å². The first-order valence-electron chi connectivity index (χ1n) is 12.3. The van der Waals surface area contributed by atoms with E-state index in [0.717, 1.165) is 11.1 Å². The lowest BCUT2D eigenvalue weighted by Gasteiger charge is -2.34. The first-order chi connectivity index (χ1) is 17.2. The van der Waals surface area contributed by atoms with E-state index in [2.05, 4.69) is 5.32 Å². The van der Waals surface area contributed by atoms with Crippen molar-refractivity contribution < 1.29 is 28.6 Å². The zero-order valence-electron chi connectivity index (χ0n) is 21.3. The van der Waals surface area contributed by atoms with Gasteiger partial charge in [-0.1, -0.05) is 60.7 Å². The van der Waals surface area contributed by atoms with Crippen LogP contribution in [-0.4, -0.2) is 60.3 Å². The minimum absolute atomic E-state index is 0.110. The lowest BCUT2D eigenvalue weighted by Crippen LogP contribution is -2.52. The number of benzene rings is 2. The van der Waals surface area contributed by atoms with Crippen molar-refractivity contribution in [3.05, 3.63) is 71.8 Å². The molecule has 0 bridgehead atoms. The Morgan fingerprint density at radius 3 is 2.11 bits per heavy atom. The van der Waals surface area contributed by atoms with E-state index >= 15 is 0 Å². The van der Waals surface area contributed by atoms with Crippen LogP contribution in [0.5, 0.6) is 0 Å². The summed E-state index contributed by atoms with van der Waals surface area (Å²) in [7, 11) is 0. The number of likely N-dealkylation sites (tertiary alicyclic amines) is 1. The van der Waals surface area contributed by atoms with Gasteiger partial charge in [0.15, 0.2) is 0 Å². The van der Waals surface area contributed by atoms with Gasteiger partial charge in [-0.3, -0.25) is 4.79 Å². The lowest BCUT2D eigenvalue weighted by atomic mass is 10.0. The number of hydrogen-bond acceptors (Lipinski definition) is 6. The summed E-state index contributed by atoms with van der Waals surface area (Å²) < 4.78 is 16.3. The van der Waals surface area contributed by atoms with Gasteiger partial charge in [0.1, 0.15) is 24.9 Å². The van der Waals surface area contributed by atoms with Gasteiger partial charge in [0.05, 0.1) is 6.10 Å². The molecule has 0 saturated carbocycles. The van der Waals surface area contributed by atoms with Crippen molar-refractivity contribution in [1.82, 2.24) is 10.2 Å². The molecule has 3 rings (SSSR count). The monoisotopic (exact) mass is 496 g/mol. The van der Waals surface area contributed by atoms with Gasteiger partial charge in [-0.15, -0.1) is 0 Å². The number of nitrogens with one attached hydrogen (secondary N) is 1. The number of alkyl carbamates (subject to hydrolysis) is 1. The number of hydrogen-bond donors (Lipinski definition) is 1. The van der Waals surface area contributed by atoms with Crippen LogP contribution >= 0.6 is 0 Å². The van der Waals surface area contributed by atoms with Crippen molar-refractivity contribution in [1.29, 1.82) is 0 Å². The molecule has 1 aliphatic rings. The average Bonchev–Trinajstić information content (AvgIpc) is 2.86. The van der Waals surface area contributed by atoms with Gasteiger partial charge in [0, 0.05) is 19.5 Å². The van der Waals surface area contributed by atoms with Crippen molar-refractivity contribution in [3.63, 3.8) is 0 Å². The molecule has 8 heteroatoms. The molecule has 0 radical (unpaired) electrons. The predicted octanol–water partition coefficient (Wildman–Crippen LogP) is 3.87. The third-order valence-corrected chi connectivity index (χ3v) is 5.70. The summed E-state index contributed by atoms with van der Waals surface area (Å²) in [5.74, 6) is -0.566. The Labute approximate surface area is 212 Å². The number of carbonyl (C=O) groups is 3. The summed E-state index contributed by atoms with van der Waals surface area (Å²) in [4.78, 5) is 39.6. The van der Waals surface area contributed by atoms with Crippen molar-refractivity contribution >= 4 is 18.0 Å². The standard InChI is InChI=1S/C28H36N2O6/c1-28(2,3)36-25(31)20-34-23-14-16-30(17-15-23)26(32)24(18-21-10-6-4-7-11-21)29-27(33)35-19-22-12-8-5-9-13-22/h4-13,23-24H,14-20H2,1-3H3,(H,29,33)/t24-/m0/s1. The Hall–Kier alpha value is -3.39. The maximum absolute atomic E-state index is 13.4. The number of piperidine rings is 1. The molecule has 0 unspecified atom stereocenters. The summed E-state index contributed by atoms with van der Waals surface area (Å²) in [5, 5.41) is 2.76. The van der Waals surface area contributed by atoms with Crippen LogP contribution in [0, 0.1) is 0 Å². The molecule has 1 atom stereocenters. The average molecular weight is 497 g/mol. The van der Waals surface area contributed by atoms with Crippen LogP contribution in [-0.2, 0) is 36.8 Å². The van der Waals surface area contributed by atoms with Gasteiger partial charge in [-0.25, -0.2) is 9.59 Å². The molecule has 1 aliphatic heterocycles. The van der Waals surface area contributed by atoms with Crippen LogP contribution in [0.2, 0.25) is 0 Å². The largest absolute Gasteiger partial charge is 0.458 e. The SMILES string of the molecule is CC(C)(C)OC(=O)COC1CCN(C(=O)[C@H](Cc2ccccc2)NC(=O)OCc2ccccc2)CC1. The maximum atomic E-state index is 13.4. The number of rotatable bonds is 9. The molecule has 0 spiro atoms. The summed E-state index contributed by atoms with van der Waals surface area (Å²) in [6.45, 7) is 6.40. The van der Waals surface area contributed by atoms with Crippen LogP contribution < -0.4 is 5.32 Å². The summed E-state index contributed by atoms with van der Waals surface area (Å²) in [6.07, 6.45) is 0.798. The number of esters is 1. The molecule has 1 fully saturated rings. The van der Waals surface area contributed by atoms with Gasteiger partial charge in [0.25, 0.3) is 0 Å². The predicted molar refractivity (Wildman–Crippen MR) is 135 cm³/mol. The van der Waals surface area contributed by atoms with Gasteiger partial charge in [-0.2, -0.15) is 0 Å². The number of amides is 2. The van der Waals surface area contributed by atoms with E-state index in [1.54, 1.807) is 4.90 Å². The second-order valence-corrected chi connectivity index (χ2v) is 9.87. The first kappa shape index (κ1) is 27.2. The highest BCUT2D eigenvalue weighted by atomic mass is 16.6. The molecule has 0 aliphatic carbocycles. The van der Waals surface area contributed by atoms with E-state index in [1.165, 1.54) is 0 Å². The van der Waals surface area contributed by atoms with E-state index in [-0.39, 0.29) is 25.2 Å². The highest BCUT2D eigenvalue weighted by Gasteiger charge is 2.30. The van der Waals surface area contributed by atoms with E-state index in [0.29, 0.717) is 32.4 Å². The topological polar surface area (TPSA) is 94.2 Å². The smallest absolute Gasteiger partial charge is 0.408 e. The summed E-state index contributed by atoms with van der Waals surface area (Å²) in [6, 6.07) is 18.2. The summed E-state index contributed by atoms with van der Waals surface area (Å²) in [5.41, 5.74) is 1.25. The van der Waals surface area contributed by atoms with Gasteiger partial charge in [-0.05, 0) is 44.7 Å². The normalized spacial score (nSPS) is 15.1. The Morgan fingerprint density at radius 2 is 1.53 bits per heavy atom. The Kier molecular flexibility index (Phi) is 9.87. The van der Waals surface area contributed by atoms with Crippen LogP contribution in [0.15, 0.2) is 60.7 Å². The zero-order valence-corrected chi connectivity index (χ0v) is 21.3. The molecule has 2 aromatic rings. The van der Waals surface area contributed by atoms with Gasteiger partial charge >= 0.3 is 12.1 Å². The molecule has 8 nitrogen and oxygen atoms in total. The van der Waals surface area contributed by atoms with E-state index in [4.69, 9.17) is 14.2 Å². The van der Waals surface area contributed by atoms with Gasteiger partial charge in [0.2, 0.25) is 5.91 Å². The molecule has 1 N–H and O–H groups in total. The molecule has 2 amide bonds. The second-order valence-electron chi connectivity index (χ2n) is 9.87.